The summed E-state index contributed by atoms with van der Waals surface area (Å²) >= 11 is 3.45. The average molecular weight is 376 g/mol. The molecule has 0 bridgehead atoms. The summed E-state index contributed by atoms with van der Waals surface area (Å²) in [6.45, 7) is 1.99. The molecule has 1 fully saturated rings. The number of halogens is 1. The van der Waals surface area contributed by atoms with Crippen molar-refractivity contribution >= 4 is 27.5 Å². The molecule has 1 aliphatic carbocycles. The molecule has 0 spiro atoms. The van der Waals surface area contributed by atoms with Gasteiger partial charge in [0.15, 0.2) is 0 Å². The van der Waals surface area contributed by atoms with E-state index in [0.29, 0.717) is 0 Å². The number of likely N-dealkylation sites (N-methyl/N-ethyl adjacent to an activating group) is 1. The molecule has 2 rings (SSSR count). The zero-order chi connectivity index (χ0) is 16.8. The van der Waals surface area contributed by atoms with Crippen LogP contribution in [-0.2, 0) is 4.79 Å². The SMILES string of the molecule is Cc1cc(N/C=C(/C#N)C(=O)N(C)C2CCCCC2)ccc1Br. The third-order valence-corrected chi connectivity index (χ3v) is 5.22. The van der Waals surface area contributed by atoms with Crippen LogP contribution in [0.15, 0.2) is 34.4 Å². The molecule has 23 heavy (non-hydrogen) atoms. The first-order valence-corrected chi connectivity index (χ1v) is 8.72. The average Bonchev–Trinajstić information content (AvgIpc) is 2.58. The maximum atomic E-state index is 12.5. The van der Waals surface area contributed by atoms with Gasteiger partial charge in [0.25, 0.3) is 5.91 Å². The predicted molar refractivity (Wildman–Crippen MR) is 95.8 cm³/mol. The van der Waals surface area contributed by atoms with Gasteiger partial charge in [-0.15, -0.1) is 0 Å². The first kappa shape index (κ1) is 17.6. The lowest BCUT2D eigenvalue weighted by Crippen LogP contribution is -2.39. The van der Waals surface area contributed by atoms with Gasteiger partial charge in [0.05, 0.1) is 0 Å². The number of anilines is 1. The summed E-state index contributed by atoms with van der Waals surface area (Å²) in [4.78, 5) is 14.2. The van der Waals surface area contributed by atoms with Crippen molar-refractivity contribution in [3.63, 3.8) is 0 Å². The molecule has 0 radical (unpaired) electrons. The Hall–Kier alpha value is -1.80. The molecule has 1 aliphatic rings. The minimum atomic E-state index is -0.208. The van der Waals surface area contributed by atoms with E-state index in [1.807, 2.05) is 31.2 Å². The Morgan fingerprint density at radius 2 is 2.09 bits per heavy atom. The van der Waals surface area contributed by atoms with E-state index in [-0.39, 0.29) is 17.5 Å². The second-order valence-corrected chi connectivity index (χ2v) is 6.84. The van der Waals surface area contributed by atoms with Crippen molar-refractivity contribution in [1.29, 1.82) is 5.26 Å². The van der Waals surface area contributed by atoms with Crippen LogP contribution in [0.4, 0.5) is 5.69 Å². The maximum absolute atomic E-state index is 12.5. The lowest BCUT2D eigenvalue weighted by molar-refractivity contribution is -0.128. The van der Waals surface area contributed by atoms with Gasteiger partial charge in [0, 0.05) is 29.4 Å². The normalized spacial score (nSPS) is 15.8. The summed E-state index contributed by atoms with van der Waals surface area (Å²) < 4.78 is 1.03. The number of nitrogens with zero attached hydrogens (tertiary/aromatic N) is 2. The highest BCUT2D eigenvalue weighted by molar-refractivity contribution is 9.10. The summed E-state index contributed by atoms with van der Waals surface area (Å²) in [7, 11) is 1.80. The van der Waals surface area contributed by atoms with Crippen LogP contribution in [0.3, 0.4) is 0 Å². The summed E-state index contributed by atoms with van der Waals surface area (Å²) in [5.74, 6) is -0.208. The van der Waals surface area contributed by atoms with E-state index in [1.54, 1.807) is 11.9 Å². The molecule has 0 aromatic heterocycles. The Kier molecular flexibility index (Phi) is 6.23. The first-order chi connectivity index (χ1) is 11.0. The number of nitrogens with one attached hydrogen (secondary N) is 1. The van der Waals surface area contributed by atoms with Crippen molar-refractivity contribution in [2.24, 2.45) is 0 Å². The van der Waals surface area contributed by atoms with E-state index >= 15 is 0 Å². The zero-order valence-electron chi connectivity index (χ0n) is 13.6. The Bertz CT molecular complexity index is 642. The second kappa shape index (κ2) is 8.16. The summed E-state index contributed by atoms with van der Waals surface area (Å²) in [5.41, 5.74) is 2.08. The van der Waals surface area contributed by atoms with Gasteiger partial charge in [-0.25, -0.2) is 0 Å². The number of nitriles is 1. The van der Waals surface area contributed by atoms with Crippen molar-refractivity contribution in [2.45, 2.75) is 45.1 Å². The Balaban J connectivity index is 2.06. The van der Waals surface area contributed by atoms with Crippen LogP contribution in [-0.4, -0.2) is 23.9 Å². The molecular formula is C18H22BrN3O. The highest BCUT2D eigenvalue weighted by atomic mass is 79.9. The molecule has 0 saturated heterocycles. The van der Waals surface area contributed by atoms with E-state index in [9.17, 15) is 10.1 Å². The summed E-state index contributed by atoms with van der Waals surface area (Å²) in [5, 5.41) is 12.4. The zero-order valence-corrected chi connectivity index (χ0v) is 15.2. The molecule has 1 amide bonds. The number of hydrogen-bond donors (Lipinski definition) is 1. The molecule has 1 aromatic rings. The summed E-state index contributed by atoms with van der Waals surface area (Å²) in [6.07, 6.45) is 7.11. The predicted octanol–water partition coefficient (Wildman–Crippen LogP) is 4.37. The third-order valence-electron chi connectivity index (χ3n) is 4.33. The highest BCUT2D eigenvalue weighted by Gasteiger charge is 2.24. The molecule has 1 aromatic carbocycles. The smallest absolute Gasteiger partial charge is 0.266 e. The molecule has 0 atom stereocenters. The number of aryl methyl sites for hydroxylation is 1. The second-order valence-electron chi connectivity index (χ2n) is 5.99. The van der Waals surface area contributed by atoms with Gasteiger partial charge in [-0.1, -0.05) is 35.2 Å². The minimum Gasteiger partial charge on any atom is -0.360 e. The van der Waals surface area contributed by atoms with Crippen LogP contribution >= 0.6 is 15.9 Å². The molecule has 0 unspecified atom stereocenters. The molecule has 0 aliphatic heterocycles. The minimum absolute atomic E-state index is 0.138. The lowest BCUT2D eigenvalue weighted by atomic mass is 9.94. The quantitative estimate of drug-likeness (QED) is 0.627. The van der Waals surface area contributed by atoms with E-state index in [0.717, 1.165) is 41.4 Å². The molecule has 1 N–H and O–H groups in total. The van der Waals surface area contributed by atoms with Crippen LogP contribution in [0.5, 0.6) is 0 Å². The Labute approximate surface area is 146 Å². The van der Waals surface area contributed by atoms with Crippen LogP contribution in [0.2, 0.25) is 0 Å². The maximum Gasteiger partial charge on any atom is 0.266 e. The largest absolute Gasteiger partial charge is 0.360 e. The van der Waals surface area contributed by atoms with Gasteiger partial charge in [-0.05, 0) is 43.5 Å². The van der Waals surface area contributed by atoms with Gasteiger partial charge < -0.3 is 10.2 Å². The number of hydrogen-bond acceptors (Lipinski definition) is 3. The molecule has 4 nitrogen and oxygen atoms in total. The van der Waals surface area contributed by atoms with E-state index in [1.165, 1.54) is 12.6 Å². The van der Waals surface area contributed by atoms with E-state index in [2.05, 4.69) is 21.2 Å². The van der Waals surface area contributed by atoms with Crippen LogP contribution in [0, 0.1) is 18.3 Å². The van der Waals surface area contributed by atoms with Gasteiger partial charge in [-0.2, -0.15) is 5.26 Å². The molecule has 122 valence electrons. The fourth-order valence-electron chi connectivity index (χ4n) is 2.86. The lowest BCUT2D eigenvalue weighted by Gasteiger charge is -2.31. The summed E-state index contributed by atoms with van der Waals surface area (Å²) in [6, 6.07) is 8.07. The van der Waals surface area contributed by atoms with Crippen molar-refractivity contribution in [3.8, 4) is 6.07 Å². The third kappa shape index (κ3) is 4.59. The monoisotopic (exact) mass is 375 g/mol. The Morgan fingerprint density at radius 1 is 1.39 bits per heavy atom. The fraction of sp³-hybridized carbons (Fsp3) is 0.444. The van der Waals surface area contributed by atoms with Crippen molar-refractivity contribution < 1.29 is 4.79 Å². The van der Waals surface area contributed by atoms with Crippen LogP contribution < -0.4 is 5.32 Å². The number of rotatable bonds is 4. The van der Waals surface area contributed by atoms with Crippen LogP contribution in [0.1, 0.15) is 37.7 Å². The van der Waals surface area contributed by atoms with Gasteiger partial charge in [0.1, 0.15) is 11.6 Å². The topological polar surface area (TPSA) is 56.1 Å². The van der Waals surface area contributed by atoms with Gasteiger partial charge in [0.2, 0.25) is 0 Å². The standard InChI is InChI=1S/C18H22BrN3O/c1-13-10-15(8-9-17(13)19)21-12-14(11-20)18(23)22(2)16-6-4-3-5-7-16/h8-10,12,16,21H,3-7H2,1-2H3/b14-12-. The van der Waals surface area contributed by atoms with Gasteiger partial charge in [-0.3, -0.25) is 4.79 Å². The number of amides is 1. The highest BCUT2D eigenvalue weighted by Crippen LogP contribution is 2.23. The van der Waals surface area contributed by atoms with Crippen molar-refractivity contribution in [2.75, 3.05) is 12.4 Å². The van der Waals surface area contributed by atoms with Crippen molar-refractivity contribution in [1.82, 2.24) is 4.90 Å². The number of benzene rings is 1. The molecular weight excluding hydrogens is 354 g/mol. The Morgan fingerprint density at radius 3 is 2.70 bits per heavy atom. The number of carbonyl (C=O) groups excluding carboxylic acids is 1. The molecule has 0 heterocycles. The molecule has 5 heteroatoms. The van der Waals surface area contributed by atoms with E-state index in [4.69, 9.17) is 0 Å². The van der Waals surface area contributed by atoms with Gasteiger partial charge >= 0.3 is 0 Å². The fourth-order valence-corrected chi connectivity index (χ4v) is 3.10. The van der Waals surface area contributed by atoms with Crippen molar-refractivity contribution in [3.05, 3.63) is 40.0 Å². The van der Waals surface area contributed by atoms with Crippen LogP contribution in [0.25, 0.3) is 0 Å². The number of carbonyl (C=O) groups is 1. The molecule has 1 saturated carbocycles. The van der Waals surface area contributed by atoms with E-state index < -0.39 is 0 Å². The first-order valence-electron chi connectivity index (χ1n) is 7.93.